The Morgan fingerprint density at radius 1 is 1.33 bits per heavy atom. The summed E-state index contributed by atoms with van der Waals surface area (Å²) in [4.78, 5) is 11.8. The Balaban J connectivity index is 2.97. The van der Waals surface area contributed by atoms with E-state index in [1.165, 1.54) is 12.1 Å². The summed E-state index contributed by atoms with van der Waals surface area (Å²) in [5.74, 6) is -0.820. The van der Waals surface area contributed by atoms with Crippen molar-refractivity contribution in [2.24, 2.45) is 0 Å². The molecular formula is C12H15F2NO3. The molecule has 0 aliphatic heterocycles. The third kappa shape index (κ3) is 4.20. The molecule has 0 bridgehead atoms. The van der Waals surface area contributed by atoms with Crippen molar-refractivity contribution in [3.8, 4) is 5.75 Å². The zero-order chi connectivity index (χ0) is 13.9. The van der Waals surface area contributed by atoms with Gasteiger partial charge < -0.3 is 15.2 Å². The number of rotatable bonds is 3. The van der Waals surface area contributed by atoms with E-state index in [1.807, 2.05) is 0 Å². The summed E-state index contributed by atoms with van der Waals surface area (Å²) >= 11 is 0. The number of halogens is 2. The quantitative estimate of drug-likeness (QED) is 0.669. The lowest BCUT2D eigenvalue weighted by Gasteiger charge is -2.20. The second-order valence-corrected chi connectivity index (χ2v) is 4.63. The van der Waals surface area contributed by atoms with E-state index < -0.39 is 18.2 Å². The van der Waals surface area contributed by atoms with Gasteiger partial charge in [0.05, 0.1) is 5.56 Å². The number of benzene rings is 1. The molecule has 1 rings (SSSR count). The molecule has 2 N–H and O–H groups in total. The Labute approximate surface area is 104 Å². The molecule has 0 aliphatic rings. The number of nitrogens with two attached hydrogens (primary N) is 1. The lowest BCUT2D eigenvalue weighted by Crippen LogP contribution is -2.24. The molecule has 18 heavy (non-hydrogen) atoms. The van der Waals surface area contributed by atoms with Crippen molar-refractivity contribution in [2.75, 3.05) is 5.73 Å². The number of carbonyl (C=O) groups is 1. The number of nitrogen functional groups attached to an aromatic ring is 1. The fourth-order valence-electron chi connectivity index (χ4n) is 1.22. The van der Waals surface area contributed by atoms with Crippen LogP contribution in [0.1, 0.15) is 31.1 Å². The number of hydrogen-bond acceptors (Lipinski definition) is 4. The second-order valence-electron chi connectivity index (χ2n) is 4.63. The number of anilines is 1. The number of carbonyl (C=O) groups excluding carboxylic acids is 1. The monoisotopic (exact) mass is 259 g/mol. The van der Waals surface area contributed by atoms with Gasteiger partial charge in [-0.05, 0) is 39.0 Å². The first-order chi connectivity index (χ1) is 8.19. The molecule has 4 nitrogen and oxygen atoms in total. The summed E-state index contributed by atoms with van der Waals surface area (Å²) < 4.78 is 33.4. The number of esters is 1. The summed E-state index contributed by atoms with van der Waals surface area (Å²) in [7, 11) is 0. The highest BCUT2D eigenvalue weighted by atomic mass is 19.3. The van der Waals surface area contributed by atoms with Gasteiger partial charge >= 0.3 is 12.6 Å². The molecule has 1 aromatic rings. The van der Waals surface area contributed by atoms with E-state index in [0.717, 1.165) is 6.07 Å². The Morgan fingerprint density at radius 3 is 2.44 bits per heavy atom. The molecule has 0 fully saturated rings. The third-order valence-corrected chi connectivity index (χ3v) is 1.87. The maximum Gasteiger partial charge on any atom is 0.387 e. The molecule has 6 heteroatoms. The van der Waals surface area contributed by atoms with Crippen LogP contribution >= 0.6 is 0 Å². The topological polar surface area (TPSA) is 61.5 Å². The normalized spacial score (nSPS) is 11.4. The SMILES string of the molecule is CC(C)(C)OC(=O)c1cc(OC(F)F)ccc1N. The molecule has 100 valence electrons. The van der Waals surface area contributed by atoms with Crippen LogP contribution in [-0.4, -0.2) is 18.2 Å². The smallest absolute Gasteiger partial charge is 0.387 e. The van der Waals surface area contributed by atoms with Crippen LogP contribution in [0.2, 0.25) is 0 Å². The Bertz CT molecular complexity index is 441. The number of ether oxygens (including phenoxy) is 2. The van der Waals surface area contributed by atoms with Gasteiger partial charge in [0.25, 0.3) is 0 Å². The molecule has 0 amide bonds. The maximum atomic E-state index is 12.1. The maximum absolute atomic E-state index is 12.1. The molecule has 0 aromatic heterocycles. The van der Waals surface area contributed by atoms with Gasteiger partial charge in [-0.1, -0.05) is 0 Å². The van der Waals surface area contributed by atoms with Gasteiger partial charge in [0, 0.05) is 5.69 Å². The van der Waals surface area contributed by atoms with E-state index in [2.05, 4.69) is 4.74 Å². The van der Waals surface area contributed by atoms with Crippen LogP contribution in [0.4, 0.5) is 14.5 Å². The van der Waals surface area contributed by atoms with Gasteiger partial charge in [0.1, 0.15) is 11.4 Å². The molecule has 0 heterocycles. The highest BCUT2D eigenvalue weighted by Crippen LogP contribution is 2.23. The van der Waals surface area contributed by atoms with Crippen LogP contribution in [0.3, 0.4) is 0 Å². The van der Waals surface area contributed by atoms with E-state index in [1.54, 1.807) is 20.8 Å². The van der Waals surface area contributed by atoms with Crippen LogP contribution < -0.4 is 10.5 Å². The fourth-order valence-corrected chi connectivity index (χ4v) is 1.22. The van der Waals surface area contributed by atoms with Crippen LogP contribution in [0.15, 0.2) is 18.2 Å². The van der Waals surface area contributed by atoms with Crippen molar-refractivity contribution in [3.05, 3.63) is 23.8 Å². The van der Waals surface area contributed by atoms with Crippen LogP contribution in [0, 0.1) is 0 Å². The van der Waals surface area contributed by atoms with Crippen LogP contribution in [0.5, 0.6) is 5.75 Å². The molecule has 1 aromatic carbocycles. The Kier molecular flexibility index (Phi) is 4.11. The highest BCUT2D eigenvalue weighted by Gasteiger charge is 2.20. The van der Waals surface area contributed by atoms with Gasteiger partial charge in [-0.2, -0.15) is 8.78 Å². The lowest BCUT2D eigenvalue weighted by atomic mass is 10.1. The van der Waals surface area contributed by atoms with Crippen molar-refractivity contribution in [3.63, 3.8) is 0 Å². The van der Waals surface area contributed by atoms with Crippen molar-refractivity contribution in [1.82, 2.24) is 0 Å². The molecule has 0 saturated carbocycles. The van der Waals surface area contributed by atoms with E-state index >= 15 is 0 Å². The average molecular weight is 259 g/mol. The van der Waals surface area contributed by atoms with Gasteiger partial charge in [-0.15, -0.1) is 0 Å². The van der Waals surface area contributed by atoms with Crippen LogP contribution in [-0.2, 0) is 4.74 Å². The zero-order valence-electron chi connectivity index (χ0n) is 10.4. The minimum absolute atomic E-state index is 0.00285. The Morgan fingerprint density at radius 2 is 1.94 bits per heavy atom. The standard InChI is InChI=1S/C12H15F2NO3/c1-12(2,3)18-10(16)8-6-7(17-11(13)14)4-5-9(8)15/h4-6,11H,15H2,1-3H3. The lowest BCUT2D eigenvalue weighted by molar-refractivity contribution is -0.0500. The minimum atomic E-state index is -2.96. The molecule has 0 spiro atoms. The molecule has 0 saturated heterocycles. The predicted molar refractivity (Wildman–Crippen MR) is 62.7 cm³/mol. The summed E-state index contributed by atoms with van der Waals surface area (Å²) in [6.45, 7) is 2.13. The van der Waals surface area contributed by atoms with Crippen molar-refractivity contribution in [2.45, 2.75) is 33.0 Å². The summed E-state index contributed by atoms with van der Waals surface area (Å²) in [6, 6.07) is 3.71. The Hall–Kier alpha value is -1.85. The van der Waals surface area contributed by atoms with Crippen molar-refractivity contribution >= 4 is 11.7 Å². The number of alkyl halides is 2. The first-order valence-electron chi connectivity index (χ1n) is 5.27. The fraction of sp³-hybridized carbons (Fsp3) is 0.417. The van der Waals surface area contributed by atoms with E-state index in [4.69, 9.17) is 10.5 Å². The first-order valence-corrected chi connectivity index (χ1v) is 5.27. The zero-order valence-corrected chi connectivity index (χ0v) is 10.4. The largest absolute Gasteiger partial charge is 0.456 e. The summed E-state index contributed by atoms with van der Waals surface area (Å²) in [6.07, 6.45) is 0. The molecule has 0 aliphatic carbocycles. The highest BCUT2D eigenvalue weighted by molar-refractivity contribution is 5.95. The van der Waals surface area contributed by atoms with E-state index in [-0.39, 0.29) is 17.0 Å². The van der Waals surface area contributed by atoms with Gasteiger partial charge in [0.2, 0.25) is 0 Å². The van der Waals surface area contributed by atoms with Crippen molar-refractivity contribution in [1.29, 1.82) is 0 Å². The summed E-state index contributed by atoms with van der Waals surface area (Å²) in [5.41, 5.74) is 5.05. The summed E-state index contributed by atoms with van der Waals surface area (Å²) in [5, 5.41) is 0. The third-order valence-electron chi connectivity index (χ3n) is 1.87. The average Bonchev–Trinajstić information content (AvgIpc) is 2.17. The second kappa shape index (κ2) is 5.20. The first kappa shape index (κ1) is 14.2. The van der Waals surface area contributed by atoms with E-state index in [0.29, 0.717) is 0 Å². The molecule has 0 unspecified atom stereocenters. The predicted octanol–water partition coefficient (Wildman–Crippen LogP) is 2.83. The van der Waals surface area contributed by atoms with Gasteiger partial charge in [0.15, 0.2) is 0 Å². The molecule has 0 atom stereocenters. The molecular weight excluding hydrogens is 244 g/mol. The van der Waals surface area contributed by atoms with Gasteiger partial charge in [-0.3, -0.25) is 0 Å². The minimum Gasteiger partial charge on any atom is -0.456 e. The van der Waals surface area contributed by atoms with Crippen LogP contribution in [0.25, 0.3) is 0 Å². The van der Waals surface area contributed by atoms with Gasteiger partial charge in [-0.25, -0.2) is 4.79 Å². The number of hydrogen-bond donors (Lipinski definition) is 1. The van der Waals surface area contributed by atoms with Crippen molar-refractivity contribution < 1.29 is 23.0 Å². The molecule has 0 radical (unpaired) electrons. The van der Waals surface area contributed by atoms with E-state index in [9.17, 15) is 13.6 Å².